The van der Waals surface area contributed by atoms with Gasteiger partial charge in [-0.2, -0.15) is 5.10 Å². The first-order chi connectivity index (χ1) is 7.24. The van der Waals surface area contributed by atoms with Crippen LogP contribution in [-0.2, 0) is 6.54 Å². The number of nitrogens with one attached hydrogen (secondary N) is 1. The maximum absolute atomic E-state index is 11.4. The van der Waals surface area contributed by atoms with Gasteiger partial charge >= 0.3 is 0 Å². The van der Waals surface area contributed by atoms with Crippen LogP contribution in [0.15, 0.2) is 23.1 Å². The van der Waals surface area contributed by atoms with Gasteiger partial charge in [-0.15, -0.1) is 0 Å². The van der Waals surface area contributed by atoms with Gasteiger partial charge in [-0.25, -0.2) is 4.68 Å². The lowest BCUT2D eigenvalue weighted by Crippen LogP contribution is -2.30. The molecule has 0 aliphatic rings. The second-order valence-electron chi connectivity index (χ2n) is 3.85. The Morgan fingerprint density at radius 2 is 2.40 bits per heavy atom. The standard InChI is InChI=1S/C11H19N3O/c1-3-6-12-8-10(2)9-14-11(15)5-4-7-13-14/h4-5,7,10,12H,3,6,8-9H2,1-2H3. The van der Waals surface area contributed by atoms with Crippen molar-refractivity contribution in [3.63, 3.8) is 0 Å². The molecule has 0 fully saturated rings. The molecule has 0 amide bonds. The summed E-state index contributed by atoms with van der Waals surface area (Å²) in [6, 6.07) is 3.21. The predicted molar refractivity (Wildman–Crippen MR) is 60.8 cm³/mol. The average molecular weight is 209 g/mol. The highest BCUT2D eigenvalue weighted by Gasteiger charge is 2.03. The van der Waals surface area contributed by atoms with Gasteiger partial charge in [0.2, 0.25) is 0 Å². The molecule has 84 valence electrons. The lowest BCUT2D eigenvalue weighted by atomic mass is 10.2. The summed E-state index contributed by atoms with van der Waals surface area (Å²) in [5, 5.41) is 7.35. The number of nitrogens with zero attached hydrogens (tertiary/aromatic N) is 2. The van der Waals surface area contributed by atoms with E-state index >= 15 is 0 Å². The smallest absolute Gasteiger partial charge is 0.266 e. The fourth-order valence-electron chi connectivity index (χ4n) is 1.41. The van der Waals surface area contributed by atoms with Crippen molar-refractivity contribution in [2.45, 2.75) is 26.8 Å². The van der Waals surface area contributed by atoms with Crippen molar-refractivity contribution < 1.29 is 0 Å². The molecular weight excluding hydrogens is 190 g/mol. The van der Waals surface area contributed by atoms with Gasteiger partial charge in [0.1, 0.15) is 0 Å². The number of aromatic nitrogens is 2. The lowest BCUT2D eigenvalue weighted by Gasteiger charge is -2.12. The van der Waals surface area contributed by atoms with E-state index in [4.69, 9.17) is 0 Å². The average Bonchev–Trinajstić information content (AvgIpc) is 2.22. The van der Waals surface area contributed by atoms with Gasteiger partial charge in [-0.05, 0) is 31.5 Å². The summed E-state index contributed by atoms with van der Waals surface area (Å²) in [5.41, 5.74) is -0.0279. The molecule has 0 spiro atoms. The van der Waals surface area contributed by atoms with Crippen molar-refractivity contribution >= 4 is 0 Å². The molecule has 15 heavy (non-hydrogen) atoms. The highest BCUT2D eigenvalue weighted by Crippen LogP contribution is 1.94. The van der Waals surface area contributed by atoms with Crippen LogP contribution >= 0.6 is 0 Å². The molecule has 0 saturated carbocycles. The lowest BCUT2D eigenvalue weighted by molar-refractivity contribution is 0.410. The van der Waals surface area contributed by atoms with E-state index in [1.54, 1.807) is 18.3 Å². The van der Waals surface area contributed by atoms with Crippen LogP contribution in [0.1, 0.15) is 20.3 Å². The molecule has 1 aromatic heterocycles. The van der Waals surface area contributed by atoms with E-state index in [-0.39, 0.29) is 5.56 Å². The minimum Gasteiger partial charge on any atom is -0.316 e. The minimum absolute atomic E-state index is 0.0279. The van der Waals surface area contributed by atoms with Crippen molar-refractivity contribution in [3.8, 4) is 0 Å². The zero-order valence-electron chi connectivity index (χ0n) is 9.44. The van der Waals surface area contributed by atoms with E-state index < -0.39 is 0 Å². The van der Waals surface area contributed by atoms with Gasteiger partial charge in [0.15, 0.2) is 0 Å². The molecule has 1 unspecified atom stereocenters. The Hall–Kier alpha value is -1.16. The molecule has 1 N–H and O–H groups in total. The normalized spacial score (nSPS) is 12.7. The highest BCUT2D eigenvalue weighted by molar-refractivity contribution is 4.84. The summed E-state index contributed by atoms with van der Waals surface area (Å²) >= 11 is 0. The zero-order valence-corrected chi connectivity index (χ0v) is 9.44. The Kier molecular flexibility index (Phi) is 5.04. The quantitative estimate of drug-likeness (QED) is 0.707. The Labute approximate surface area is 90.3 Å². The van der Waals surface area contributed by atoms with E-state index in [9.17, 15) is 4.79 Å². The molecule has 0 aromatic carbocycles. The van der Waals surface area contributed by atoms with Crippen molar-refractivity contribution in [1.82, 2.24) is 15.1 Å². The third kappa shape index (κ3) is 4.25. The highest BCUT2D eigenvalue weighted by atomic mass is 16.1. The molecule has 0 aliphatic heterocycles. The van der Waals surface area contributed by atoms with Gasteiger partial charge < -0.3 is 5.32 Å². The van der Waals surface area contributed by atoms with E-state index in [0.29, 0.717) is 12.5 Å². The Bertz CT molecular complexity index is 335. The summed E-state index contributed by atoms with van der Waals surface area (Å²) in [5.74, 6) is 0.421. The minimum atomic E-state index is -0.0279. The van der Waals surface area contributed by atoms with E-state index in [2.05, 4.69) is 24.3 Å². The summed E-state index contributed by atoms with van der Waals surface area (Å²) < 4.78 is 1.51. The maximum atomic E-state index is 11.4. The molecule has 0 bridgehead atoms. The van der Waals surface area contributed by atoms with Crippen molar-refractivity contribution in [2.24, 2.45) is 5.92 Å². The first-order valence-electron chi connectivity index (χ1n) is 5.47. The number of hydrogen-bond donors (Lipinski definition) is 1. The third-order valence-electron chi connectivity index (χ3n) is 2.19. The Balaban J connectivity index is 2.41. The van der Waals surface area contributed by atoms with E-state index in [1.807, 2.05) is 0 Å². The van der Waals surface area contributed by atoms with Gasteiger partial charge in [-0.3, -0.25) is 4.79 Å². The molecule has 1 aromatic rings. The van der Waals surface area contributed by atoms with Crippen LogP contribution in [0.4, 0.5) is 0 Å². The zero-order chi connectivity index (χ0) is 11.1. The van der Waals surface area contributed by atoms with Crippen LogP contribution in [0.5, 0.6) is 0 Å². The maximum Gasteiger partial charge on any atom is 0.266 e. The summed E-state index contributed by atoms with van der Waals surface area (Å²) in [7, 11) is 0. The predicted octanol–water partition coefficient (Wildman–Crippen LogP) is 0.879. The fourth-order valence-corrected chi connectivity index (χ4v) is 1.41. The summed E-state index contributed by atoms with van der Waals surface area (Å²) in [6.45, 7) is 6.89. The molecule has 4 heteroatoms. The summed E-state index contributed by atoms with van der Waals surface area (Å²) in [4.78, 5) is 11.4. The van der Waals surface area contributed by atoms with Crippen molar-refractivity contribution in [1.29, 1.82) is 0 Å². The molecule has 4 nitrogen and oxygen atoms in total. The van der Waals surface area contributed by atoms with Crippen molar-refractivity contribution in [2.75, 3.05) is 13.1 Å². The van der Waals surface area contributed by atoms with Crippen LogP contribution in [0.25, 0.3) is 0 Å². The third-order valence-corrected chi connectivity index (χ3v) is 2.19. The summed E-state index contributed by atoms with van der Waals surface area (Å²) in [6.07, 6.45) is 2.78. The Morgan fingerprint density at radius 3 is 3.07 bits per heavy atom. The monoisotopic (exact) mass is 209 g/mol. The molecule has 1 rings (SSSR count). The van der Waals surface area contributed by atoms with Crippen LogP contribution in [0.3, 0.4) is 0 Å². The topological polar surface area (TPSA) is 46.9 Å². The Morgan fingerprint density at radius 1 is 1.60 bits per heavy atom. The first kappa shape index (κ1) is 11.9. The van der Waals surface area contributed by atoms with Gasteiger partial charge in [0.25, 0.3) is 5.56 Å². The molecule has 0 aliphatic carbocycles. The second kappa shape index (κ2) is 6.35. The molecular formula is C11H19N3O. The fraction of sp³-hybridized carbons (Fsp3) is 0.636. The number of hydrogen-bond acceptors (Lipinski definition) is 3. The van der Waals surface area contributed by atoms with Crippen LogP contribution in [0.2, 0.25) is 0 Å². The largest absolute Gasteiger partial charge is 0.316 e. The van der Waals surface area contributed by atoms with Gasteiger partial charge in [0.05, 0.1) is 0 Å². The SMILES string of the molecule is CCCNCC(C)Cn1ncccc1=O. The van der Waals surface area contributed by atoms with E-state index in [0.717, 1.165) is 19.5 Å². The molecule has 0 saturated heterocycles. The van der Waals surface area contributed by atoms with Crippen LogP contribution < -0.4 is 10.9 Å². The number of rotatable bonds is 6. The molecule has 1 atom stereocenters. The van der Waals surface area contributed by atoms with E-state index in [1.165, 1.54) is 4.68 Å². The van der Waals surface area contributed by atoms with Gasteiger partial charge in [0, 0.05) is 18.8 Å². The van der Waals surface area contributed by atoms with Gasteiger partial charge in [-0.1, -0.05) is 13.8 Å². The first-order valence-corrected chi connectivity index (χ1v) is 5.47. The van der Waals surface area contributed by atoms with Crippen molar-refractivity contribution in [3.05, 3.63) is 28.7 Å². The second-order valence-corrected chi connectivity index (χ2v) is 3.85. The van der Waals surface area contributed by atoms with Crippen LogP contribution in [0, 0.1) is 5.92 Å². The molecule has 1 heterocycles. The van der Waals surface area contributed by atoms with Crippen LogP contribution in [-0.4, -0.2) is 22.9 Å². The molecule has 0 radical (unpaired) electrons.